The number of nitrogen functional groups attached to an aromatic ring is 1. The van der Waals surface area contributed by atoms with E-state index in [0.717, 1.165) is 11.1 Å². The Labute approximate surface area is 135 Å². The minimum absolute atomic E-state index is 0.128. The molecule has 2 aromatic carbocycles. The van der Waals surface area contributed by atoms with Crippen LogP contribution >= 0.6 is 0 Å². The summed E-state index contributed by atoms with van der Waals surface area (Å²) in [5.41, 5.74) is 9.09. The lowest BCUT2D eigenvalue weighted by molar-refractivity contribution is 0.0591. The number of nitrogens with two attached hydrogens (primary N) is 1. The normalized spacial score (nSPS) is 11.6. The average Bonchev–Trinajstić information content (AvgIpc) is 2.59. The largest absolute Gasteiger partial charge is 0.465 e. The molecule has 0 aliphatic heterocycles. The summed E-state index contributed by atoms with van der Waals surface area (Å²) >= 11 is 0. The monoisotopic (exact) mass is 313 g/mol. The second-order valence-electron chi connectivity index (χ2n) is 5.14. The van der Waals surface area contributed by atoms with Gasteiger partial charge in [0.25, 0.3) is 0 Å². The van der Waals surface area contributed by atoms with Gasteiger partial charge in [-0.1, -0.05) is 31.2 Å². The van der Waals surface area contributed by atoms with Gasteiger partial charge in [-0.2, -0.15) is 0 Å². The average molecular weight is 313 g/mol. The van der Waals surface area contributed by atoms with Crippen molar-refractivity contribution in [2.24, 2.45) is 0 Å². The predicted octanol–water partition coefficient (Wildman–Crippen LogP) is 2.99. The third kappa shape index (κ3) is 3.34. The molecule has 120 valence electrons. The molecule has 5 nitrogen and oxygen atoms in total. The molecule has 0 heterocycles. The highest BCUT2D eigenvalue weighted by Gasteiger charge is 2.20. The third-order valence-corrected chi connectivity index (χ3v) is 3.81. The van der Waals surface area contributed by atoms with Gasteiger partial charge in [-0.05, 0) is 29.3 Å². The lowest BCUT2D eigenvalue weighted by Gasteiger charge is -2.18. The molecule has 0 saturated heterocycles. The van der Waals surface area contributed by atoms with E-state index in [1.807, 2.05) is 19.1 Å². The van der Waals surface area contributed by atoms with Crippen molar-refractivity contribution < 1.29 is 19.1 Å². The molecule has 23 heavy (non-hydrogen) atoms. The Morgan fingerprint density at radius 3 is 2.22 bits per heavy atom. The Hall–Kier alpha value is -2.82. The minimum Gasteiger partial charge on any atom is -0.465 e. The zero-order valence-corrected chi connectivity index (χ0v) is 13.3. The molecule has 0 spiro atoms. The van der Waals surface area contributed by atoms with E-state index in [4.69, 9.17) is 10.5 Å². The number of carbonyl (C=O) groups excluding carboxylic acids is 2. The molecule has 0 bridgehead atoms. The van der Waals surface area contributed by atoms with Crippen LogP contribution in [0.4, 0.5) is 5.69 Å². The first kappa shape index (κ1) is 16.5. The number of methoxy groups -OCH3 is 2. The van der Waals surface area contributed by atoms with E-state index in [1.54, 1.807) is 30.3 Å². The fourth-order valence-corrected chi connectivity index (χ4v) is 2.55. The Bertz CT molecular complexity index is 740. The van der Waals surface area contributed by atoms with Crippen LogP contribution < -0.4 is 5.73 Å². The maximum Gasteiger partial charge on any atom is 0.338 e. The first-order valence-electron chi connectivity index (χ1n) is 7.14. The highest BCUT2D eigenvalue weighted by Crippen LogP contribution is 2.31. The molecule has 0 aliphatic carbocycles. The first-order valence-corrected chi connectivity index (χ1v) is 7.14. The summed E-state index contributed by atoms with van der Waals surface area (Å²) < 4.78 is 9.51. The Balaban J connectivity index is 2.44. The van der Waals surface area contributed by atoms with Crippen LogP contribution in [0.3, 0.4) is 0 Å². The molecule has 0 radical (unpaired) electrons. The fraction of sp³-hybridized carbons (Fsp3) is 0.222. The SMILES string of the molecule is COC(=O)c1ccc(C(C)c2ccccc2C(=O)OC)c(N)c1. The highest BCUT2D eigenvalue weighted by atomic mass is 16.5. The van der Waals surface area contributed by atoms with E-state index in [9.17, 15) is 9.59 Å². The Kier molecular flexibility index (Phi) is 5.01. The van der Waals surface area contributed by atoms with E-state index in [0.29, 0.717) is 16.8 Å². The topological polar surface area (TPSA) is 78.6 Å². The van der Waals surface area contributed by atoms with Crippen molar-refractivity contribution in [3.63, 3.8) is 0 Å². The van der Waals surface area contributed by atoms with E-state index in [1.165, 1.54) is 14.2 Å². The molecule has 0 aliphatic rings. The molecule has 0 amide bonds. The number of anilines is 1. The summed E-state index contributed by atoms with van der Waals surface area (Å²) in [6.45, 7) is 1.95. The molecule has 1 atom stereocenters. The number of hydrogen-bond acceptors (Lipinski definition) is 5. The van der Waals surface area contributed by atoms with Crippen LogP contribution in [0.5, 0.6) is 0 Å². The fourth-order valence-electron chi connectivity index (χ4n) is 2.55. The van der Waals surface area contributed by atoms with Crippen molar-refractivity contribution in [3.8, 4) is 0 Å². The van der Waals surface area contributed by atoms with Crippen LogP contribution in [0.25, 0.3) is 0 Å². The van der Waals surface area contributed by atoms with Gasteiger partial charge in [-0.25, -0.2) is 9.59 Å². The number of benzene rings is 2. The van der Waals surface area contributed by atoms with Gasteiger partial charge < -0.3 is 15.2 Å². The molecule has 1 unspecified atom stereocenters. The number of hydrogen-bond donors (Lipinski definition) is 1. The van der Waals surface area contributed by atoms with Gasteiger partial charge in [-0.3, -0.25) is 0 Å². The number of ether oxygens (including phenoxy) is 2. The molecule has 5 heteroatoms. The van der Waals surface area contributed by atoms with E-state index in [2.05, 4.69) is 4.74 Å². The van der Waals surface area contributed by atoms with Crippen molar-refractivity contribution >= 4 is 17.6 Å². The summed E-state index contributed by atoms with van der Waals surface area (Å²) in [4.78, 5) is 23.5. The second-order valence-corrected chi connectivity index (χ2v) is 5.14. The van der Waals surface area contributed by atoms with Crippen LogP contribution in [0.2, 0.25) is 0 Å². The maximum atomic E-state index is 11.9. The summed E-state index contributed by atoms with van der Waals surface area (Å²) in [6.07, 6.45) is 0. The third-order valence-electron chi connectivity index (χ3n) is 3.81. The van der Waals surface area contributed by atoms with Crippen LogP contribution in [0, 0.1) is 0 Å². The molecule has 2 aromatic rings. The van der Waals surface area contributed by atoms with Crippen LogP contribution in [0.15, 0.2) is 42.5 Å². The quantitative estimate of drug-likeness (QED) is 0.693. The summed E-state index contributed by atoms with van der Waals surface area (Å²) in [6, 6.07) is 12.2. The molecule has 0 aromatic heterocycles. The first-order chi connectivity index (χ1) is 11.0. The molecular weight excluding hydrogens is 294 g/mol. The van der Waals surface area contributed by atoms with Gasteiger partial charge in [0.2, 0.25) is 0 Å². The van der Waals surface area contributed by atoms with Gasteiger partial charge in [-0.15, -0.1) is 0 Å². The number of rotatable bonds is 4. The number of esters is 2. The summed E-state index contributed by atoms with van der Waals surface area (Å²) in [7, 11) is 2.67. The van der Waals surface area contributed by atoms with Crippen molar-refractivity contribution in [1.29, 1.82) is 0 Å². The van der Waals surface area contributed by atoms with Crippen LogP contribution in [-0.2, 0) is 9.47 Å². The van der Waals surface area contributed by atoms with Crippen molar-refractivity contribution in [1.82, 2.24) is 0 Å². The molecule has 2 N–H and O–H groups in total. The zero-order valence-electron chi connectivity index (χ0n) is 13.3. The summed E-state index contributed by atoms with van der Waals surface area (Å²) in [5.74, 6) is -0.958. The Morgan fingerprint density at radius 2 is 1.61 bits per heavy atom. The van der Waals surface area contributed by atoms with Crippen molar-refractivity contribution in [2.75, 3.05) is 20.0 Å². The van der Waals surface area contributed by atoms with E-state index in [-0.39, 0.29) is 5.92 Å². The lowest BCUT2D eigenvalue weighted by Crippen LogP contribution is -2.10. The zero-order chi connectivity index (χ0) is 17.0. The van der Waals surface area contributed by atoms with Gasteiger partial charge in [0.15, 0.2) is 0 Å². The molecule has 0 saturated carbocycles. The predicted molar refractivity (Wildman–Crippen MR) is 87.5 cm³/mol. The van der Waals surface area contributed by atoms with E-state index < -0.39 is 11.9 Å². The summed E-state index contributed by atoms with van der Waals surface area (Å²) in [5, 5.41) is 0. The smallest absolute Gasteiger partial charge is 0.338 e. The standard InChI is InChI=1S/C18H19NO4/c1-11(13-6-4-5-7-15(13)18(21)23-3)14-9-8-12(10-16(14)19)17(20)22-2/h4-11H,19H2,1-3H3. The van der Waals surface area contributed by atoms with Crippen molar-refractivity contribution in [2.45, 2.75) is 12.8 Å². The molecule has 2 rings (SSSR count). The van der Waals surface area contributed by atoms with Gasteiger partial charge in [0.05, 0.1) is 25.3 Å². The van der Waals surface area contributed by atoms with Crippen LogP contribution in [0.1, 0.15) is 44.7 Å². The number of carbonyl (C=O) groups is 2. The highest BCUT2D eigenvalue weighted by molar-refractivity contribution is 5.92. The lowest BCUT2D eigenvalue weighted by atomic mass is 9.88. The van der Waals surface area contributed by atoms with Gasteiger partial charge in [0.1, 0.15) is 0 Å². The van der Waals surface area contributed by atoms with Gasteiger partial charge >= 0.3 is 11.9 Å². The van der Waals surface area contributed by atoms with Gasteiger partial charge in [0, 0.05) is 11.6 Å². The minimum atomic E-state index is -0.439. The Morgan fingerprint density at radius 1 is 0.957 bits per heavy atom. The molecule has 0 fully saturated rings. The second kappa shape index (κ2) is 6.96. The van der Waals surface area contributed by atoms with Crippen LogP contribution in [-0.4, -0.2) is 26.2 Å². The molecular formula is C18H19NO4. The van der Waals surface area contributed by atoms with E-state index >= 15 is 0 Å². The van der Waals surface area contributed by atoms with Crippen molar-refractivity contribution in [3.05, 3.63) is 64.7 Å². The maximum absolute atomic E-state index is 11.9.